The molecular formula is C21H15Cl2N3O3. The number of nitrogens with one attached hydrogen (secondary N) is 2. The van der Waals surface area contributed by atoms with Gasteiger partial charge in [-0.3, -0.25) is 9.59 Å². The van der Waals surface area contributed by atoms with Crippen LogP contribution in [0.1, 0.15) is 26.3 Å². The van der Waals surface area contributed by atoms with E-state index in [1.165, 1.54) is 30.5 Å². The second kappa shape index (κ2) is 9.23. The second-order valence-electron chi connectivity index (χ2n) is 5.95. The van der Waals surface area contributed by atoms with Crippen molar-refractivity contribution in [2.75, 3.05) is 5.32 Å². The van der Waals surface area contributed by atoms with Crippen LogP contribution in [-0.2, 0) is 0 Å². The van der Waals surface area contributed by atoms with Crippen LogP contribution in [0.5, 0.6) is 5.75 Å². The Labute approximate surface area is 176 Å². The van der Waals surface area contributed by atoms with Crippen LogP contribution in [0.25, 0.3) is 0 Å². The number of carbonyl (C=O) groups is 2. The van der Waals surface area contributed by atoms with Gasteiger partial charge in [-0.25, -0.2) is 5.43 Å². The Kier molecular flexibility index (Phi) is 6.49. The molecule has 0 saturated heterocycles. The van der Waals surface area contributed by atoms with Crippen LogP contribution in [0.15, 0.2) is 71.8 Å². The molecule has 0 aliphatic rings. The molecule has 0 spiro atoms. The fraction of sp³-hybridized carbons (Fsp3) is 0. The van der Waals surface area contributed by atoms with Crippen LogP contribution in [-0.4, -0.2) is 23.1 Å². The number of nitrogens with zero attached hydrogens (tertiary/aromatic N) is 1. The Morgan fingerprint density at radius 3 is 2.31 bits per heavy atom. The lowest BCUT2D eigenvalue weighted by Gasteiger charge is -2.07. The van der Waals surface area contributed by atoms with Crippen LogP contribution < -0.4 is 10.7 Å². The Morgan fingerprint density at radius 1 is 0.862 bits per heavy atom. The van der Waals surface area contributed by atoms with Crippen molar-refractivity contribution in [3.63, 3.8) is 0 Å². The Morgan fingerprint density at radius 2 is 1.55 bits per heavy atom. The Balaban J connectivity index is 1.67. The average Bonchev–Trinajstić information content (AvgIpc) is 2.70. The van der Waals surface area contributed by atoms with Crippen molar-refractivity contribution < 1.29 is 14.7 Å². The van der Waals surface area contributed by atoms with E-state index in [2.05, 4.69) is 15.8 Å². The van der Waals surface area contributed by atoms with Crippen LogP contribution in [0, 0.1) is 0 Å². The number of carbonyl (C=O) groups excluding carboxylic acids is 2. The second-order valence-corrected chi connectivity index (χ2v) is 6.82. The van der Waals surface area contributed by atoms with Gasteiger partial charge in [-0.05, 0) is 54.6 Å². The zero-order chi connectivity index (χ0) is 20.8. The minimum absolute atomic E-state index is 0.0156. The van der Waals surface area contributed by atoms with E-state index < -0.39 is 5.91 Å². The smallest absolute Gasteiger partial charge is 0.271 e. The van der Waals surface area contributed by atoms with Crippen molar-refractivity contribution in [1.82, 2.24) is 5.43 Å². The maximum absolute atomic E-state index is 12.3. The molecule has 0 aromatic heterocycles. The number of halogens is 2. The molecule has 0 fully saturated rings. The molecule has 0 saturated carbocycles. The van der Waals surface area contributed by atoms with E-state index in [4.69, 9.17) is 23.2 Å². The number of rotatable bonds is 5. The number of hydrazone groups is 1. The Hall–Kier alpha value is -3.35. The quantitative estimate of drug-likeness (QED) is 0.406. The normalized spacial score (nSPS) is 10.7. The molecule has 3 aromatic rings. The van der Waals surface area contributed by atoms with Gasteiger partial charge < -0.3 is 10.4 Å². The van der Waals surface area contributed by atoms with E-state index in [0.29, 0.717) is 32.4 Å². The molecule has 8 heteroatoms. The van der Waals surface area contributed by atoms with Gasteiger partial charge in [-0.15, -0.1) is 0 Å². The number of benzene rings is 3. The van der Waals surface area contributed by atoms with Crippen molar-refractivity contribution in [2.24, 2.45) is 5.10 Å². The zero-order valence-corrected chi connectivity index (χ0v) is 16.4. The number of anilines is 1. The van der Waals surface area contributed by atoms with Gasteiger partial charge in [0.05, 0.1) is 6.21 Å². The van der Waals surface area contributed by atoms with Crippen molar-refractivity contribution in [1.29, 1.82) is 0 Å². The van der Waals surface area contributed by atoms with Crippen LogP contribution in [0.4, 0.5) is 5.69 Å². The first-order valence-corrected chi connectivity index (χ1v) is 9.17. The molecule has 0 unspecified atom stereocenters. The maximum atomic E-state index is 12.3. The highest BCUT2D eigenvalue weighted by Gasteiger charge is 2.09. The summed E-state index contributed by atoms with van der Waals surface area (Å²) in [5.74, 6) is -0.848. The highest BCUT2D eigenvalue weighted by molar-refractivity contribution is 6.31. The molecule has 0 aliphatic carbocycles. The van der Waals surface area contributed by atoms with Crippen LogP contribution >= 0.6 is 23.2 Å². The van der Waals surface area contributed by atoms with Gasteiger partial charge in [-0.1, -0.05) is 35.3 Å². The first-order chi connectivity index (χ1) is 13.9. The van der Waals surface area contributed by atoms with Crippen molar-refractivity contribution in [3.05, 3.63) is 93.5 Å². The summed E-state index contributed by atoms with van der Waals surface area (Å²) in [7, 11) is 0. The Bertz CT molecular complexity index is 1100. The molecule has 29 heavy (non-hydrogen) atoms. The largest absolute Gasteiger partial charge is 0.507 e. The minimum Gasteiger partial charge on any atom is -0.507 e. The van der Waals surface area contributed by atoms with Gasteiger partial charge in [0.25, 0.3) is 11.8 Å². The van der Waals surface area contributed by atoms with Crippen LogP contribution in [0.2, 0.25) is 10.0 Å². The molecule has 3 aromatic carbocycles. The maximum Gasteiger partial charge on any atom is 0.271 e. The standard InChI is InChI=1S/C21H15Cl2N3O3/c22-16-5-1-3-13(9-16)20(28)25-18-6-2-4-14(11-18)21(29)26-24-12-15-10-17(23)7-8-19(15)27/h1-12,27H,(H,25,28)(H,26,29)/b24-12+. The summed E-state index contributed by atoms with van der Waals surface area (Å²) in [4.78, 5) is 24.6. The zero-order valence-electron chi connectivity index (χ0n) is 14.9. The lowest BCUT2D eigenvalue weighted by atomic mass is 10.1. The van der Waals surface area contributed by atoms with Crippen LogP contribution in [0.3, 0.4) is 0 Å². The van der Waals surface area contributed by atoms with E-state index in [1.54, 1.807) is 42.5 Å². The number of phenolic OH excluding ortho intramolecular Hbond substituents is 1. The third kappa shape index (κ3) is 5.57. The van der Waals surface area contributed by atoms with Gasteiger partial charge >= 0.3 is 0 Å². The summed E-state index contributed by atoms with van der Waals surface area (Å²) in [5, 5.41) is 17.2. The molecule has 2 amide bonds. The molecule has 0 radical (unpaired) electrons. The SMILES string of the molecule is O=C(N/N=C/c1cc(Cl)ccc1O)c1cccc(NC(=O)c2cccc(Cl)c2)c1. The summed E-state index contributed by atoms with van der Waals surface area (Å²) in [5.41, 5.74) is 3.86. The predicted molar refractivity (Wildman–Crippen MR) is 114 cm³/mol. The summed E-state index contributed by atoms with van der Waals surface area (Å²) < 4.78 is 0. The molecule has 0 heterocycles. The van der Waals surface area contributed by atoms with Gasteiger partial charge in [0.2, 0.25) is 0 Å². The average molecular weight is 428 g/mol. The van der Waals surface area contributed by atoms with E-state index in [-0.39, 0.29) is 11.7 Å². The number of aromatic hydroxyl groups is 1. The van der Waals surface area contributed by atoms with E-state index >= 15 is 0 Å². The lowest BCUT2D eigenvalue weighted by molar-refractivity contribution is 0.0953. The number of amides is 2. The molecule has 3 N–H and O–H groups in total. The molecule has 0 aliphatic heterocycles. The highest BCUT2D eigenvalue weighted by Crippen LogP contribution is 2.19. The minimum atomic E-state index is -0.485. The predicted octanol–water partition coefficient (Wildman–Crippen LogP) is 4.72. The molecular weight excluding hydrogens is 413 g/mol. The topological polar surface area (TPSA) is 90.8 Å². The number of hydrogen-bond donors (Lipinski definition) is 3. The van der Waals surface area contributed by atoms with Gasteiger partial charge in [0.15, 0.2) is 0 Å². The molecule has 0 bridgehead atoms. The summed E-state index contributed by atoms with van der Waals surface area (Å²) in [6.07, 6.45) is 1.28. The first-order valence-electron chi connectivity index (χ1n) is 8.41. The fourth-order valence-corrected chi connectivity index (χ4v) is 2.80. The number of phenols is 1. The lowest BCUT2D eigenvalue weighted by Crippen LogP contribution is -2.18. The fourth-order valence-electron chi connectivity index (χ4n) is 2.42. The molecule has 146 valence electrons. The first kappa shape index (κ1) is 20.4. The van der Waals surface area contributed by atoms with Crippen molar-refractivity contribution in [2.45, 2.75) is 0 Å². The van der Waals surface area contributed by atoms with Gasteiger partial charge in [0.1, 0.15) is 5.75 Å². The van der Waals surface area contributed by atoms with E-state index in [9.17, 15) is 14.7 Å². The third-order valence-electron chi connectivity index (χ3n) is 3.83. The third-order valence-corrected chi connectivity index (χ3v) is 4.30. The van der Waals surface area contributed by atoms with Crippen molar-refractivity contribution in [3.8, 4) is 5.75 Å². The molecule has 0 atom stereocenters. The molecule has 6 nitrogen and oxygen atoms in total. The van der Waals surface area contributed by atoms with E-state index in [0.717, 1.165) is 0 Å². The monoisotopic (exact) mass is 427 g/mol. The summed E-state index contributed by atoms with van der Waals surface area (Å²) in [6, 6.07) is 17.4. The number of hydrogen-bond acceptors (Lipinski definition) is 4. The summed E-state index contributed by atoms with van der Waals surface area (Å²) >= 11 is 11.8. The molecule has 3 rings (SSSR count). The van der Waals surface area contributed by atoms with E-state index in [1.807, 2.05) is 0 Å². The van der Waals surface area contributed by atoms with Gasteiger partial charge in [-0.2, -0.15) is 5.10 Å². The summed E-state index contributed by atoms with van der Waals surface area (Å²) in [6.45, 7) is 0. The van der Waals surface area contributed by atoms with Crippen molar-refractivity contribution >= 4 is 46.9 Å². The van der Waals surface area contributed by atoms with Gasteiger partial charge in [0, 0.05) is 32.4 Å². The highest BCUT2D eigenvalue weighted by atomic mass is 35.5.